The Morgan fingerprint density at radius 1 is 1.35 bits per heavy atom. The molecule has 1 aromatic carbocycles. The maximum Gasteiger partial charge on any atom is 0.278 e. The summed E-state index contributed by atoms with van der Waals surface area (Å²) in [5.41, 5.74) is 8.99. The van der Waals surface area contributed by atoms with Gasteiger partial charge in [0, 0.05) is 11.3 Å². The van der Waals surface area contributed by atoms with Crippen molar-refractivity contribution >= 4 is 17.9 Å². The molecule has 5 nitrogen and oxygen atoms in total. The molecule has 0 amide bonds. The first-order valence-electron chi connectivity index (χ1n) is 5.05. The largest absolute Gasteiger partial charge is 0.398 e. The molecule has 0 aliphatic rings. The molecule has 0 radical (unpaired) electrons. The molecule has 1 heterocycles. The highest BCUT2D eigenvalue weighted by molar-refractivity contribution is 7.71. The predicted molar refractivity (Wildman–Crippen MR) is 69.4 cm³/mol. The molecule has 0 spiro atoms. The molecule has 0 fully saturated rings. The fourth-order valence-corrected chi connectivity index (χ4v) is 1.84. The summed E-state index contributed by atoms with van der Waals surface area (Å²) in [6, 6.07) is 3.79. The minimum Gasteiger partial charge on any atom is -0.398 e. The molecule has 0 unspecified atom stereocenters. The van der Waals surface area contributed by atoms with E-state index in [4.69, 9.17) is 18.0 Å². The van der Waals surface area contributed by atoms with Crippen LogP contribution < -0.4 is 11.3 Å². The van der Waals surface area contributed by atoms with Crippen LogP contribution in [0.1, 0.15) is 11.1 Å². The summed E-state index contributed by atoms with van der Waals surface area (Å²) >= 11 is 4.79. The normalized spacial score (nSPS) is 10.5. The van der Waals surface area contributed by atoms with Gasteiger partial charge in [-0.25, -0.2) is 0 Å². The van der Waals surface area contributed by atoms with Crippen LogP contribution in [0.15, 0.2) is 16.9 Å². The average Bonchev–Trinajstić information content (AvgIpc) is 2.24. The van der Waals surface area contributed by atoms with Crippen molar-refractivity contribution in [2.75, 3.05) is 5.73 Å². The van der Waals surface area contributed by atoms with Crippen molar-refractivity contribution in [2.24, 2.45) is 0 Å². The second-order valence-electron chi connectivity index (χ2n) is 3.90. The molecular formula is C11H12N4OS. The zero-order chi connectivity index (χ0) is 12.6. The second kappa shape index (κ2) is 4.14. The number of anilines is 1. The third kappa shape index (κ3) is 2.12. The molecule has 0 saturated carbocycles. The van der Waals surface area contributed by atoms with Gasteiger partial charge in [0.1, 0.15) is 0 Å². The lowest BCUT2D eigenvalue weighted by Crippen LogP contribution is -2.14. The quantitative estimate of drug-likeness (QED) is 0.529. The number of benzene rings is 1. The van der Waals surface area contributed by atoms with Crippen molar-refractivity contribution in [1.29, 1.82) is 0 Å². The minimum absolute atomic E-state index is 0.196. The number of hydrogen-bond donors (Lipinski definition) is 3. The Morgan fingerprint density at radius 3 is 2.71 bits per heavy atom. The van der Waals surface area contributed by atoms with Crippen LogP contribution >= 0.6 is 12.2 Å². The number of H-pyrrole nitrogens is 2. The molecule has 0 aliphatic carbocycles. The zero-order valence-electron chi connectivity index (χ0n) is 9.50. The fraction of sp³-hybridized carbons (Fsp3) is 0.182. The Kier molecular flexibility index (Phi) is 2.81. The standard InChI is InChI=1S/C11H12N4OS/c1-5-3-6(2)8(12)7(4-5)9-10(16)13-11(17)15-14-9/h3-4H,12H2,1-2H3,(H2,13,15,16,17). The van der Waals surface area contributed by atoms with E-state index in [1.165, 1.54) is 0 Å². The average molecular weight is 248 g/mol. The third-order valence-electron chi connectivity index (χ3n) is 2.50. The minimum atomic E-state index is -0.342. The van der Waals surface area contributed by atoms with Gasteiger partial charge in [-0.3, -0.25) is 14.9 Å². The number of hydrogen-bond acceptors (Lipinski definition) is 4. The van der Waals surface area contributed by atoms with E-state index in [-0.39, 0.29) is 16.0 Å². The third-order valence-corrected chi connectivity index (χ3v) is 2.69. The molecule has 17 heavy (non-hydrogen) atoms. The lowest BCUT2D eigenvalue weighted by molar-refractivity contribution is 0.931. The van der Waals surface area contributed by atoms with E-state index < -0.39 is 0 Å². The molecular weight excluding hydrogens is 236 g/mol. The Balaban J connectivity index is 2.77. The predicted octanol–water partition coefficient (Wildman–Crippen LogP) is 1.69. The van der Waals surface area contributed by atoms with Crippen LogP contribution in [0.25, 0.3) is 11.3 Å². The van der Waals surface area contributed by atoms with Gasteiger partial charge in [-0.05, 0) is 37.7 Å². The van der Waals surface area contributed by atoms with E-state index in [0.717, 1.165) is 11.1 Å². The van der Waals surface area contributed by atoms with Gasteiger partial charge >= 0.3 is 0 Å². The summed E-state index contributed by atoms with van der Waals surface area (Å²) in [5.74, 6) is 0. The summed E-state index contributed by atoms with van der Waals surface area (Å²) in [6.07, 6.45) is 0. The first-order chi connectivity index (χ1) is 7.99. The molecule has 0 saturated heterocycles. The van der Waals surface area contributed by atoms with Crippen molar-refractivity contribution in [2.45, 2.75) is 13.8 Å². The van der Waals surface area contributed by atoms with Crippen molar-refractivity contribution in [3.8, 4) is 11.3 Å². The smallest absolute Gasteiger partial charge is 0.278 e. The van der Waals surface area contributed by atoms with Crippen molar-refractivity contribution < 1.29 is 0 Å². The highest BCUT2D eigenvalue weighted by Crippen LogP contribution is 2.25. The number of rotatable bonds is 1. The van der Waals surface area contributed by atoms with Crippen LogP contribution in [0.4, 0.5) is 5.69 Å². The van der Waals surface area contributed by atoms with Crippen LogP contribution in [0, 0.1) is 18.6 Å². The molecule has 4 N–H and O–H groups in total. The highest BCUT2D eigenvalue weighted by Gasteiger charge is 2.11. The monoisotopic (exact) mass is 248 g/mol. The number of nitrogens with two attached hydrogens (primary N) is 1. The van der Waals surface area contributed by atoms with Crippen LogP contribution in [0.2, 0.25) is 0 Å². The van der Waals surface area contributed by atoms with Crippen LogP contribution in [0.3, 0.4) is 0 Å². The number of aryl methyl sites for hydroxylation is 2. The Morgan fingerprint density at radius 2 is 2.06 bits per heavy atom. The molecule has 2 aromatic rings. The molecule has 0 atom stereocenters. The van der Waals surface area contributed by atoms with Gasteiger partial charge in [-0.15, -0.1) is 0 Å². The van der Waals surface area contributed by atoms with Gasteiger partial charge in [-0.1, -0.05) is 11.6 Å². The maximum absolute atomic E-state index is 11.8. The van der Waals surface area contributed by atoms with Gasteiger partial charge in [0.05, 0.1) is 0 Å². The summed E-state index contributed by atoms with van der Waals surface area (Å²) in [5, 5.41) is 6.50. The van der Waals surface area contributed by atoms with E-state index in [1.807, 2.05) is 26.0 Å². The summed E-state index contributed by atoms with van der Waals surface area (Å²) in [6.45, 7) is 3.83. The van der Waals surface area contributed by atoms with Gasteiger partial charge < -0.3 is 5.73 Å². The number of aromatic nitrogens is 3. The van der Waals surface area contributed by atoms with Gasteiger partial charge in [0.25, 0.3) is 5.56 Å². The number of nitrogens with one attached hydrogen (secondary N) is 2. The molecule has 2 rings (SSSR count). The number of nitrogens with zero attached hydrogens (tertiary/aromatic N) is 1. The highest BCUT2D eigenvalue weighted by atomic mass is 32.1. The lowest BCUT2D eigenvalue weighted by Gasteiger charge is -2.08. The van der Waals surface area contributed by atoms with Crippen LogP contribution in [-0.2, 0) is 0 Å². The van der Waals surface area contributed by atoms with Crippen LogP contribution in [-0.4, -0.2) is 15.2 Å². The number of nitrogen functional groups attached to an aromatic ring is 1. The van der Waals surface area contributed by atoms with E-state index in [1.54, 1.807) is 0 Å². The van der Waals surface area contributed by atoms with Gasteiger partial charge in [0.2, 0.25) is 0 Å². The lowest BCUT2D eigenvalue weighted by atomic mass is 10.0. The zero-order valence-corrected chi connectivity index (χ0v) is 10.3. The van der Waals surface area contributed by atoms with E-state index in [2.05, 4.69) is 15.2 Å². The summed E-state index contributed by atoms with van der Waals surface area (Å²) in [7, 11) is 0. The SMILES string of the molecule is Cc1cc(C)c(N)c(-c2n[nH]c(=S)[nH]c2=O)c1. The first kappa shape index (κ1) is 11.5. The fourth-order valence-electron chi connectivity index (χ4n) is 1.70. The molecule has 1 aromatic heterocycles. The van der Waals surface area contributed by atoms with Crippen LogP contribution in [0.5, 0.6) is 0 Å². The molecule has 0 bridgehead atoms. The molecule has 88 valence electrons. The van der Waals surface area contributed by atoms with Gasteiger partial charge in [-0.2, -0.15) is 5.10 Å². The van der Waals surface area contributed by atoms with Crippen molar-refractivity contribution in [3.63, 3.8) is 0 Å². The Labute approximate surface area is 103 Å². The summed E-state index contributed by atoms with van der Waals surface area (Å²) < 4.78 is 0.196. The topological polar surface area (TPSA) is 87.6 Å². The number of aromatic amines is 2. The maximum atomic E-state index is 11.8. The molecule has 0 aliphatic heterocycles. The van der Waals surface area contributed by atoms with E-state index in [9.17, 15) is 4.79 Å². The van der Waals surface area contributed by atoms with E-state index >= 15 is 0 Å². The second-order valence-corrected chi connectivity index (χ2v) is 4.31. The van der Waals surface area contributed by atoms with Gasteiger partial charge in [0.15, 0.2) is 10.5 Å². The summed E-state index contributed by atoms with van der Waals surface area (Å²) in [4.78, 5) is 14.2. The van der Waals surface area contributed by atoms with Crippen molar-refractivity contribution in [3.05, 3.63) is 38.4 Å². The molecule has 6 heteroatoms. The first-order valence-corrected chi connectivity index (χ1v) is 5.46. The Hall–Kier alpha value is -1.95. The van der Waals surface area contributed by atoms with E-state index in [0.29, 0.717) is 11.3 Å². The van der Waals surface area contributed by atoms with Crippen molar-refractivity contribution in [1.82, 2.24) is 15.2 Å². The Bertz CT molecular complexity index is 687.